The highest BCUT2D eigenvalue weighted by atomic mass is 16.5. The van der Waals surface area contributed by atoms with Crippen LogP contribution in [0, 0.1) is 6.92 Å². The number of hydrogen-bond donors (Lipinski definition) is 2. The molecule has 18 heavy (non-hydrogen) atoms. The Labute approximate surface area is 110 Å². The van der Waals surface area contributed by atoms with Crippen molar-refractivity contribution in [2.24, 2.45) is 5.73 Å². The number of rotatable bonds is 4. The SMILES string of the molecule is Cc1cc(C(C)(C)C)ccc1OCC(C)(N)CO. The first-order chi connectivity index (χ1) is 8.15. The fourth-order valence-electron chi connectivity index (χ4n) is 1.57. The molecule has 0 bridgehead atoms. The molecule has 0 saturated carbocycles. The molecule has 0 amide bonds. The Morgan fingerprint density at radius 1 is 1.22 bits per heavy atom. The van der Waals surface area contributed by atoms with Gasteiger partial charge in [-0.15, -0.1) is 0 Å². The third-order valence-electron chi connectivity index (χ3n) is 2.96. The molecule has 1 aromatic rings. The molecule has 0 heterocycles. The van der Waals surface area contributed by atoms with Crippen LogP contribution in [0.4, 0.5) is 0 Å². The molecule has 0 fully saturated rings. The van der Waals surface area contributed by atoms with Crippen LogP contribution >= 0.6 is 0 Å². The normalized spacial score (nSPS) is 15.3. The van der Waals surface area contributed by atoms with Crippen LogP contribution in [0.5, 0.6) is 5.75 Å². The zero-order valence-electron chi connectivity index (χ0n) is 12.1. The van der Waals surface area contributed by atoms with E-state index in [1.807, 2.05) is 13.0 Å². The first-order valence-electron chi connectivity index (χ1n) is 6.29. The predicted molar refractivity (Wildman–Crippen MR) is 75.1 cm³/mol. The molecule has 0 spiro atoms. The summed E-state index contributed by atoms with van der Waals surface area (Å²) in [4.78, 5) is 0. The van der Waals surface area contributed by atoms with E-state index in [2.05, 4.69) is 32.9 Å². The van der Waals surface area contributed by atoms with Crippen molar-refractivity contribution in [3.05, 3.63) is 29.3 Å². The summed E-state index contributed by atoms with van der Waals surface area (Å²) >= 11 is 0. The Balaban J connectivity index is 2.81. The highest BCUT2D eigenvalue weighted by molar-refractivity contribution is 5.38. The number of nitrogens with two attached hydrogens (primary N) is 1. The number of benzene rings is 1. The summed E-state index contributed by atoms with van der Waals surface area (Å²) in [6.45, 7) is 10.6. The summed E-state index contributed by atoms with van der Waals surface area (Å²) < 4.78 is 5.68. The van der Waals surface area contributed by atoms with Crippen molar-refractivity contribution in [1.29, 1.82) is 0 Å². The Morgan fingerprint density at radius 3 is 2.28 bits per heavy atom. The van der Waals surface area contributed by atoms with Gasteiger partial charge in [-0.2, -0.15) is 0 Å². The zero-order valence-corrected chi connectivity index (χ0v) is 12.1. The molecule has 0 saturated heterocycles. The van der Waals surface area contributed by atoms with E-state index in [-0.39, 0.29) is 12.0 Å². The van der Waals surface area contributed by atoms with Crippen LogP contribution in [0.1, 0.15) is 38.8 Å². The van der Waals surface area contributed by atoms with E-state index < -0.39 is 5.54 Å². The topological polar surface area (TPSA) is 55.5 Å². The Bertz CT molecular complexity index is 405. The molecule has 0 radical (unpaired) electrons. The minimum atomic E-state index is -0.699. The van der Waals surface area contributed by atoms with Crippen LogP contribution in [0.15, 0.2) is 18.2 Å². The van der Waals surface area contributed by atoms with Gasteiger partial charge in [0.2, 0.25) is 0 Å². The van der Waals surface area contributed by atoms with Crippen molar-refractivity contribution in [1.82, 2.24) is 0 Å². The Hall–Kier alpha value is -1.06. The minimum absolute atomic E-state index is 0.0911. The van der Waals surface area contributed by atoms with E-state index in [4.69, 9.17) is 15.6 Å². The van der Waals surface area contributed by atoms with E-state index in [0.717, 1.165) is 11.3 Å². The lowest BCUT2D eigenvalue weighted by molar-refractivity contribution is 0.145. The second-order valence-electron chi connectivity index (χ2n) is 6.33. The standard InChI is InChI=1S/C15H25NO2/c1-11-8-12(14(2,3)4)6-7-13(11)18-10-15(5,16)9-17/h6-8,17H,9-10,16H2,1-5H3. The molecule has 0 aliphatic rings. The average Bonchev–Trinajstić information content (AvgIpc) is 2.26. The van der Waals surface area contributed by atoms with Crippen molar-refractivity contribution >= 4 is 0 Å². The lowest BCUT2D eigenvalue weighted by Crippen LogP contribution is -2.46. The van der Waals surface area contributed by atoms with E-state index in [0.29, 0.717) is 6.61 Å². The number of aryl methyl sites for hydroxylation is 1. The largest absolute Gasteiger partial charge is 0.491 e. The lowest BCUT2D eigenvalue weighted by atomic mass is 9.86. The molecule has 0 aromatic heterocycles. The van der Waals surface area contributed by atoms with Gasteiger partial charge in [-0.1, -0.05) is 32.9 Å². The molecule has 0 aliphatic heterocycles. The zero-order chi connectivity index (χ0) is 14.0. The van der Waals surface area contributed by atoms with Crippen molar-refractivity contribution in [2.75, 3.05) is 13.2 Å². The summed E-state index contributed by atoms with van der Waals surface area (Å²) in [7, 11) is 0. The van der Waals surface area contributed by atoms with Gasteiger partial charge < -0.3 is 15.6 Å². The van der Waals surface area contributed by atoms with Gasteiger partial charge in [0, 0.05) is 0 Å². The molecule has 3 N–H and O–H groups in total. The van der Waals surface area contributed by atoms with E-state index in [9.17, 15) is 0 Å². The Morgan fingerprint density at radius 2 is 1.83 bits per heavy atom. The van der Waals surface area contributed by atoms with Crippen molar-refractivity contribution in [3.63, 3.8) is 0 Å². The number of aliphatic hydroxyl groups excluding tert-OH is 1. The lowest BCUT2D eigenvalue weighted by Gasteiger charge is -2.24. The van der Waals surface area contributed by atoms with Crippen LogP contribution in [0.25, 0.3) is 0 Å². The summed E-state index contributed by atoms with van der Waals surface area (Å²) in [6.07, 6.45) is 0. The second-order valence-corrected chi connectivity index (χ2v) is 6.33. The molecule has 102 valence electrons. The number of aliphatic hydroxyl groups is 1. The van der Waals surface area contributed by atoms with Crippen LogP contribution in [0.2, 0.25) is 0 Å². The van der Waals surface area contributed by atoms with Crippen molar-refractivity contribution in [3.8, 4) is 5.75 Å². The highest BCUT2D eigenvalue weighted by Gasteiger charge is 2.19. The first kappa shape index (κ1) is 15.0. The van der Waals surface area contributed by atoms with Gasteiger partial charge >= 0.3 is 0 Å². The van der Waals surface area contributed by atoms with Gasteiger partial charge in [0.15, 0.2) is 0 Å². The van der Waals surface area contributed by atoms with E-state index >= 15 is 0 Å². The molecule has 1 atom stereocenters. The van der Waals surface area contributed by atoms with Gasteiger partial charge in [-0.25, -0.2) is 0 Å². The molecule has 3 nitrogen and oxygen atoms in total. The third-order valence-corrected chi connectivity index (χ3v) is 2.96. The smallest absolute Gasteiger partial charge is 0.122 e. The first-order valence-corrected chi connectivity index (χ1v) is 6.29. The van der Waals surface area contributed by atoms with Gasteiger partial charge in [-0.05, 0) is 36.5 Å². The van der Waals surface area contributed by atoms with Gasteiger partial charge in [0.1, 0.15) is 12.4 Å². The maximum atomic E-state index is 9.09. The average molecular weight is 251 g/mol. The fourth-order valence-corrected chi connectivity index (χ4v) is 1.57. The molecular formula is C15H25NO2. The van der Waals surface area contributed by atoms with Gasteiger partial charge in [0.25, 0.3) is 0 Å². The fraction of sp³-hybridized carbons (Fsp3) is 0.600. The van der Waals surface area contributed by atoms with E-state index in [1.165, 1.54) is 5.56 Å². The minimum Gasteiger partial charge on any atom is -0.491 e. The number of hydrogen-bond acceptors (Lipinski definition) is 3. The quantitative estimate of drug-likeness (QED) is 0.864. The van der Waals surface area contributed by atoms with Crippen LogP contribution < -0.4 is 10.5 Å². The van der Waals surface area contributed by atoms with Crippen LogP contribution in [-0.4, -0.2) is 23.9 Å². The third kappa shape index (κ3) is 4.00. The summed E-state index contributed by atoms with van der Waals surface area (Å²) in [5.74, 6) is 0.827. The molecule has 0 aliphatic carbocycles. The van der Waals surface area contributed by atoms with Crippen molar-refractivity contribution < 1.29 is 9.84 Å². The second kappa shape index (κ2) is 5.29. The number of ether oxygens (including phenoxy) is 1. The van der Waals surface area contributed by atoms with E-state index in [1.54, 1.807) is 6.92 Å². The van der Waals surface area contributed by atoms with Crippen LogP contribution in [0.3, 0.4) is 0 Å². The summed E-state index contributed by atoms with van der Waals surface area (Å²) in [5.41, 5.74) is 7.65. The molecule has 1 unspecified atom stereocenters. The maximum Gasteiger partial charge on any atom is 0.122 e. The molecule has 1 rings (SSSR count). The van der Waals surface area contributed by atoms with Gasteiger partial charge in [0.05, 0.1) is 12.1 Å². The highest BCUT2D eigenvalue weighted by Crippen LogP contribution is 2.27. The molecule has 3 heteroatoms. The summed E-state index contributed by atoms with van der Waals surface area (Å²) in [5, 5.41) is 9.09. The molecule has 1 aromatic carbocycles. The monoisotopic (exact) mass is 251 g/mol. The van der Waals surface area contributed by atoms with Crippen LogP contribution in [-0.2, 0) is 5.41 Å². The Kier molecular flexibility index (Phi) is 4.41. The predicted octanol–water partition coefficient (Wildman–Crippen LogP) is 2.38. The molecular weight excluding hydrogens is 226 g/mol. The summed E-state index contributed by atoms with van der Waals surface area (Å²) in [6, 6.07) is 6.20. The van der Waals surface area contributed by atoms with Crippen molar-refractivity contribution in [2.45, 2.75) is 45.6 Å². The van der Waals surface area contributed by atoms with Gasteiger partial charge in [-0.3, -0.25) is 0 Å². The maximum absolute atomic E-state index is 9.09.